The van der Waals surface area contributed by atoms with E-state index in [1.54, 1.807) is 5.38 Å². The van der Waals surface area contributed by atoms with Gasteiger partial charge in [-0.3, -0.25) is 0 Å². The maximum atomic E-state index is 10.3. The van der Waals surface area contributed by atoms with Gasteiger partial charge in [-0.15, -0.1) is 16.4 Å². The third kappa shape index (κ3) is 1.42. The van der Waals surface area contributed by atoms with Gasteiger partial charge in [0.15, 0.2) is 5.13 Å². The Morgan fingerprint density at radius 3 is 2.86 bits per heavy atom. The van der Waals surface area contributed by atoms with Gasteiger partial charge in [0.2, 0.25) is 0 Å². The molecule has 0 aliphatic heterocycles. The van der Waals surface area contributed by atoms with E-state index in [4.69, 9.17) is 5.73 Å². The van der Waals surface area contributed by atoms with Crippen LogP contribution in [0.25, 0.3) is 11.4 Å². The molecule has 0 amide bonds. The van der Waals surface area contributed by atoms with Gasteiger partial charge >= 0.3 is 5.82 Å². The van der Waals surface area contributed by atoms with Gasteiger partial charge in [0.25, 0.3) is 0 Å². The van der Waals surface area contributed by atoms with Gasteiger partial charge in [0, 0.05) is 5.38 Å². The highest BCUT2D eigenvalue weighted by Crippen LogP contribution is 2.23. The summed E-state index contributed by atoms with van der Waals surface area (Å²) in [5.74, 6) is -0.161. The number of anilines is 1. The molecule has 0 atom stereocenters. The Bertz CT molecular complexity index is 476. The van der Waals surface area contributed by atoms with E-state index in [1.807, 2.05) is 0 Å². The molecule has 0 aliphatic carbocycles. The van der Waals surface area contributed by atoms with E-state index in [2.05, 4.69) is 15.2 Å². The van der Waals surface area contributed by atoms with E-state index in [0.717, 1.165) is 0 Å². The lowest BCUT2D eigenvalue weighted by molar-refractivity contribution is -0.389. The highest BCUT2D eigenvalue weighted by molar-refractivity contribution is 7.13. The highest BCUT2D eigenvalue weighted by atomic mass is 32.1. The number of nitrogens with two attached hydrogens (primary N) is 1. The topological polar surface area (TPSA) is 111 Å². The van der Waals surface area contributed by atoms with Crippen LogP contribution in [0.3, 0.4) is 0 Å². The second kappa shape index (κ2) is 3.07. The van der Waals surface area contributed by atoms with Crippen molar-refractivity contribution in [3.63, 3.8) is 0 Å². The Kier molecular flexibility index (Phi) is 1.89. The number of thiazole rings is 1. The van der Waals surface area contributed by atoms with Crippen LogP contribution in [0, 0.1) is 10.1 Å². The smallest absolute Gasteiger partial charge is 0.343 e. The maximum absolute atomic E-state index is 10.3. The van der Waals surface area contributed by atoms with Crippen molar-refractivity contribution >= 4 is 22.3 Å². The summed E-state index contributed by atoms with van der Waals surface area (Å²) >= 11 is 1.26. The molecule has 0 aliphatic rings. The lowest BCUT2D eigenvalue weighted by Crippen LogP contribution is -1.86. The minimum absolute atomic E-state index is 0.161. The van der Waals surface area contributed by atoms with E-state index in [9.17, 15) is 10.1 Å². The van der Waals surface area contributed by atoms with E-state index in [1.165, 1.54) is 17.4 Å². The summed E-state index contributed by atoms with van der Waals surface area (Å²) in [6.07, 6.45) is 0. The highest BCUT2D eigenvalue weighted by Gasteiger charge is 2.13. The second-order valence-corrected chi connectivity index (χ2v) is 3.36. The van der Waals surface area contributed by atoms with Crippen LogP contribution in [0.5, 0.6) is 0 Å². The maximum Gasteiger partial charge on any atom is 0.343 e. The first-order valence-electron chi connectivity index (χ1n) is 3.58. The van der Waals surface area contributed by atoms with Gasteiger partial charge in [-0.1, -0.05) is 5.10 Å². The van der Waals surface area contributed by atoms with Crippen molar-refractivity contribution in [1.29, 1.82) is 0 Å². The normalized spacial score (nSPS) is 10.3. The van der Waals surface area contributed by atoms with E-state index < -0.39 is 4.92 Å². The zero-order valence-electron chi connectivity index (χ0n) is 6.80. The van der Waals surface area contributed by atoms with Crippen LogP contribution in [0.4, 0.5) is 10.9 Å². The largest absolute Gasteiger partial charge is 0.375 e. The summed E-state index contributed by atoms with van der Waals surface area (Å²) in [5.41, 5.74) is 6.38. The lowest BCUT2D eigenvalue weighted by Gasteiger charge is -1.84. The van der Waals surface area contributed by atoms with E-state index in [0.29, 0.717) is 16.5 Å². The van der Waals surface area contributed by atoms with Crippen molar-refractivity contribution < 1.29 is 4.92 Å². The van der Waals surface area contributed by atoms with Crippen molar-refractivity contribution in [3.8, 4) is 11.4 Å². The molecule has 8 heteroatoms. The summed E-state index contributed by atoms with van der Waals surface area (Å²) in [4.78, 5) is 13.7. The predicted octanol–water partition coefficient (Wildman–Crippen LogP) is 1.02. The van der Waals surface area contributed by atoms with Crippen molar-refractivity contribution in [2.75, 3.05) is 5.73 Å². The third-order valence-electron chi connectivity index (χ3n) is 1.55. The number of hydrogen-bond acceptors (Lipinski definition) is 6. The van der Waals surface area contributed by atoms with Gasteiger partial charge < -0.3 is 15.8 Å². The lowest BCUT2D eigenvalue weighted by atomic mass is 10.3. The molecule has 0 bridgehead atoms. The molecular formula is C6H5N5O2S. The summed E-state index contributed by atoms with van der Waals surface area (Å²) < 4.78 is 0. The quantitative estimate of drug-likeness (QED) is 0.569. The minimum Gasteiger partial charge on any atom is -0.375 e. The fourth-order valence-electron chi connectivity index (χ4n) is 0.942. The first kappa shape index (κ1) is 8.63. The molecule has 14 heavy (non-hydrogen) atoms. The molecule has 2 heterocycles. The third-order valence-corrected chi connectivity index (χ3v) is 2.22. The average molecular weight is 211 g/mol. The summed E-state index contributed by atoms with van der Waals surface area (Å²) in [6.45, 7) is 0. The van der Waals surface area contributed by atoms with Crippen molar-refractivity contribution in [2.45, 2.75) is 0 Å². The Morgan fingerprint density at radius 2 is 2.36 bits per heavy atom. The molecule has 2 aromatic rings. The minimum atomic E-state index is -0.549. The molecule has 0 fully saturated rings. The fraction of sp³-hybridized carbons (Fsp3) is 0. The summed E-state index contributed by atoms with van der Waals surface area (Å²) in [5, 5.41) is 18.5. The monoisotopic (exact) mass is 211 g/mol. The molecule has 0 radical (unpaired) electrons. The van der Waals surface area contributed by atoms with Gasteiger partial charge in [-0.05, 0) is 4.92 Å². The van der Waals surface area contributed by atoms with Gasteiger partial charge in [-0.2, -0.15) is 0 Å². The number of nitrogens with zero attached hydrogens (tertiary/aromatic N) is 3. The van der Waals surface area contributed by atoms with Crippen LogP contribution in [-0.4, -0.2) is 20.1 Å². The van der Waals surface area contributed by atoms with Crippen molar-refractivity contribution in [2.24, 2.45) is 0 Å². The number of hydrogen-bond donors (Lipinski definition) is 2. The molecular weight excluding hydrogens is 206 g/mol. The van der Waals surface area contributed by atoms with Crippen LogP contribution in [-0.2, 0) is 0 Å². The van der Waals surface area contributed by atoms with Gasteiger partial charge in [-0.25, -0.2) is 4.98 Å². The van der Waals surface area contributed by atoms with E-state index in [-0.39, 0.29) is 5.82 Å². The van der Waals surface area contributed by atoms with Crippen molar-refractivity contribution in [1.82, 2.24) is 15.2 Å². The SMILES string of the molecule is Nc1nc(-c2cc([N+](=O)[O-])[nH]n2)cs1. The van der Waals surface area contributed by atoms with Crippen molar-refractivity contribution in [3.05, 3.63) is 21.6 Å². The molecule has 7 nitrogen and oxygen atoms in total. The van der Waals surface area contributed by atoms with Crippen LogP contribution >= 0.6 is 11.3 Å². The molecule has 2 rings (SSSR count). The Hall–Kier alpha value is -1.96. The van der Waals surface area contributed by atoms with Gasteiger partial charge in [0.1, 0.15) is 11.4 Å². The number of H-pyrrole nitrogens is 1. The number of rotatable bonds is 2. The molecule has 0 saturated heterocycles. The van der Waals surface area contributed by atoms with E-state index >= 15 is 0 Å². The number of nitrogens with one attached hydrogen (secondary N) is 1. The fourth-order valence-corrected chi connectivity index (χ4v) is 1.50. The molecule has 3 N–H and O–H groups in total. The predicted molar refractivity (Wildman–Crippen MR) is 50.8 cm³/mol. The van der Waals surface area contributed by atoms with Crippen LogP contribution < -0.4 is 5.73 Å². The summed E-state index contributed by atoms with van der Waals surface area (Å²) in [7, 11) is 0. The Labute approximate surface area is 81.7 Å². The average Bonchev–Trinajstić information content (AvgIpc) is 2.70. The first-order chi connectivity index (χ1) is 6.66. The molecule has 2 aromatic heterocycles. The van der Waals surface area contributed by atoms with Crippen LogP contribution in [0.1, 0.15) is 0 Å². The number of nitrogen functional groups attached to an aromatic ring is 1. The van der Waals surface area contributed by atoms with Crippen LogP contribution in [0.2, 0.25) is 0 Å². The first-order valence-corrected chi connectivity index (χ1v) is 4.46. The molecule has 0 saturated carbocycles. The Balaban J connectivity index is 2.38. The standard InChI is InChI=1S/C6H5N5O2S/c7-6-8-4(2-14-6)3-1-5(10-9-3)11(12)13/h1-2H,(H2,7,8)(H,9,10). The molecule has 0 aromatic carbocycles. The molecule has 0 unspecified atom stereocenters. The molecule has 0 spiro atoms. The zero-order chi connectivity index (χ0) is 10.1. The Morgan fingerprint density at radius 1 is 1.57 bits per heavy atom. The van der Waals surface area contributed by atoms with Gasteiger partial charge in [0.05, 0.1) is 6.07 Å². The second-order valence-electron chi connectivity index (χ2n) is 2.47. The summed E-state index contributed by atoms with van der Waals surface area (Å²) in [6, 6.07) is 1.31. The number of nitro groups is 1. The number of aromatic nitrogens is 3. The van der Waals surface area contributed by atoms with Crippen LogP contribution in [0.15, 0.2) is 11.4 Å². The number of aromatic amines is 1. The zero-order valence-corrected chi connectivity index (χ0v) is 7.61. The molecule has 72 valence electrons.